The SMILES string of the molecule is OB(O)c1ccc(-c2nnc(-c3ccccc3)o2)cc1. The third kappa shape index (κ3) is 2.47. The minimum absolute atomic E-state index is 0.392. The van der Waals surface area contributed by atoms with Gasteiger partial charge in [-0.2, -0.15) is 0 Å². The summed E-state index contributed by atoms with van der Waals surface area (Å²) in [5.74, 6) is 0.842. The number of hydrogen-bond donors (Lipinski definition) is 2. The molecule has 2 aromatic carbocycles. The van der Waals surface area contributed by atoms with Gasteiger partial charge in [-0.15, -0.1) is 10.2 Å². The first-order valence-electron chi connectivity index (χ1n) is 6.09. The van der Waals surface area contributed by atoms with E-state index in [1.165, 1.54) is 0 Å². The molecule has 0 amide bonds. The van der Waals surface area contributed by atoms with Crippen LogP contribution in [-0.2, 0) is 0 Å². The van der Waals surface area contributed by atoms with Crippen LogP contribution in [0.5, 0.6) is 0 Å². The Balaban J connectivity index is 1.90. The second-order valence-electron chi connectivity index (χ2n) is 4.27. The Kier molecular flexibility index (Phi) is 3.33. The molecule has 0 saturated carbocycles. The summed E-state index contributed by atoms with van der Waals surface area (Å²) in [6.45, 7) is 0. The molecular weight excluding hydrogens is 255 g/mol. The molecule has 2 N–H and O–H groups in total. The van der Waals surface area contributed by atoms with Crippen LogP contribution in [0.15, 0.2) is 59.0 Å². The van der Waals surface area contributed by atoms with Crippen molar-refractivity contribution < 1.29 is 14.5 Å². The molecular formula is C14H11BN2O3. The fraction of sp³-hybridized carbons (Fsp3) is 0. The van der Waals surface area contributed by atoms with Crippen molar-refractivity contribution in [1.29, 1.82) is 0 Å². The summed E-state index contributed by atoms with van der Waals surface area (Å²) in [4.78, 5) is 0. The zero-order valence-electron chi connectivity index (χ0n) is 10.5. The molecule has 3 aromatic rings. The van der Waals surface area contributed by atoms with Crippen LogP contribution in [0.25, 0.3) is 22.9 Å². The maximum absolute atomic E-state index is 9.04. The maximum atomic E-state index is 9.04. The Hall–Kier alpha value is -2.44. The van der Waals surface area contributed by atoms with Gasteiger partial charge in [-0.25, -0.2) is 0 Å². The van der Waals surface area contributed by atoms with Gasteiger partial charge < -0.3 is 14.5 Å². The molecule has 0 bridgehead atoms. The van der Waals surface area contributed by atoms with E-state index in [1.54, 1.807) is 24.3 Å². The van der Waals surface area contributed by atoms with Crippen molar-refractivity contribution in [1.82, 2.24) is 10.2 Å². The van der Waals surface area contributed by atoms with Gasteiger partial charge in [0, 0.05) is 11.1 Å². The van der Waals surface area contributed by atoms with Gasteiger partial charge in [-0.05, 0) is 29.7 Å². The average molecular weight is 266 g/mol. The van der Waals surface area contributed by atoms with Gasteiger partial charge in [-0.3, -0.25) is 0 Å². The number of nitrogens with zero attached hydrogens (tertiary/aromatic N) is 2. The minimum Gasteiger partial charge on any atom is -0.423 e. The predicted octanol–water partition coefficient (Wildman–Crippen LogP) is 1.08. The second kappa shape index (κ2) is 5.28. The molecule has 6 heteroatoms. The molecule has 0 fully saturated rings. The molecule has 1 aromatic heterocycles. The van der Waals surface area contributed by atoms with E-state index in [0.29, 0.717) is 17.2 Å². The highest BCUT2D eigenvalue weighted by Crippen LogP contribution is 2.22. The molecule has 0 saturated heterocycles. The number of aromatic nitrogens is 2. The lowest BCUT2D eigenvalue weighted by atomic mass is 9.80. The fourth-order valence-electron chi connectivity index (χ4n) is 1.84. The third-order valence-corrected chi connectivity index (χ3v) is 2.90. The van der Waals surface area contributed by atoms with E-state index < -0.39 is 7.12 Å². The van der Waals surface area contributed by atoms with Crippen LogP contribution < -0.4 is 5.46 Å². The van der Waals surface area contributed by atoms with Gasteiger partial charge in [0.25, 0.3) is 0 Å². The Morgan fingerprint density at radius 1 is 0.750 bits per heavy atom. The van der Waals surface area contributed by atoms with E-state index in [-0.39, 0.29) is 0 Å². The molecule has 1 heterocycles. The molecule has 0 radical (unpaired) electrons. The summed E-state index contributed by atoms with van der Waals surface area (Å²) in [5.41, 5.74) is 1.99. The van der Waals surface area contributed by atoms with Crippen LogP contribution in [-0.4, -0.2) is 27.4 Å². The molecule has 3 rings (SSSR count). The lowest BCUT2D eigenvalue weighted by Gasteiger charge is -1.99. The third-order valence-electron chi connectivity index (χ3n) is 2.90. The smallest absolute Gasteiger partial charge is 0.423 e. The van der Waals surface area contributed by atoms with Gasteiger partial charge in [0.15, 0.2) is 0 Å². The van der Waals surface area contributed by atoms with Gasteiger partial charge in [-0.1, -0.05) is 30.3 Å². The van der Waals surface area contributed by atoms with Crippen LogP contribution in [0, 0.1) is 0 Å². The summed E-state index contributed by atoms with van der Waals surface area (Å²) >= 11 is 0. The average Bonchev–Trinajstić information content (AvgIpc) is 2.98. The molecule has 20 heavy (non-hydrogen) atoms. The van der Waals surface area contributed by atoms with Crippen molar-refractivity contribution >= 4 is 12.6 Å². The summed E-state index contributed by atoms with van der Waals surface area (Å²) < 4.78 is 5.61. The van der Waals surface area contributed by atoms with Crippen molar-refractivity contribution in [3.8, 4) is 22.9 Å². The molecule has 98 valence electrons. The second-order valence-corrected chi connectivity index (χ2v) is 4.27. The van der Waals surface area contributed by atoms with E-state index in [2.05, 4.69) is 10.2 Å². The van der Waals surface area contributed by atoms with Crippen molar-refractivity contribution in [3.63, 3.8) is 0 Å². The van der Waals surface area contributed by atoms with E-state index in [4.69, 9.17) is 14.5 Å². The standard InChI is InChI=1S/C14H11BN2O3/c18-15(19)12-8-6-11(7-9-12)14-17-16-13(20-14)10-4-2-1-3-5-10/h1-9,18-19H. The lowest BCUT2D eigenvalue weighted by molar-refractivity contribution is 0.426. The van der Waals surface area contributed by atoms with Gasteiger partial charge in [0.1, 0.15) is 0 Å². The largest absolute Gasteiger partial charge is 0.488 e. The molecule has 0 unspecified atom stereocenters. The normalized spacial score (nSPS) is 10.5. The van der Waals surface area contributed by atoms with E-state index in [1.807, 2.05) is 30.3 Å². The Bertz CT molecular complexity index is 696. The highest BCUT2D eigenvalue weighted by molar-refractivity contribution is 6.58. The van der Waals surface area contributed by atoms with E-state index in [0.717, 1.165) is 11.1 Å². The van der Waals surface area contributed by atoms with E-state index in [9.17, 15) is 0 Å². The van der Waals surface area contributed by atoms with Crippen LogP contribution in [0.3, 0.4) is 0 Å². The van der Waals surface area contributed by atoms with Crippen molar-refractivity contribution in [2.45, 2.75) is 0 Å². The zero-order chi connectivity index (χ0) is 13.9. The predicted molar refractivity (Wildman–Crippen MR) is 75.0 cm³/mol. The topological polar surface area (TPSA) is 79.4 Å². The highest BCUT2D eigenvalue weighted by atomic mass is 16.4. The Morgan fingerprint density at radius 3 is 1.85 bits per heavy atom. The first-order chi connectivity index (χ1) is 9.74. The summed E-state index contributed by atoms with van der Waals surface area (Å²) in [5, 5.41) is 26.1. The number of hydrogen-bond acceptors (Lipinski definition) is 5. The quantitative estimate of drug-likeness (QED) is 0.693. The minimum atomic E-state index is -1.48. The highest BCUT2D eigenvalue weighted by Gasteiger charge is 2.13. The number of rotatable bonds is 3. The monoisotopic (exact) mass is 266 g/mol. The Labute approximate surface area is 115 Å². The first kappa shape index (κ1) is 12.6. The van der Waals surface area contributed by atoms with Crippen molar-refractivity contribution in [2.75, 3.05) is 0 Å². The maximum Gasteiger partial charge on any atom is 0.488 e. The summed E-state index contributed by atoms with van der Waals surface area (Å²) in [6, 6.07) is 16.1. The molecule has 0 spiro atoms. The lowest BCUT2D eigenvalue weighted by Crippen LogP contribution is -2.29. The van der Waals surface area contributed by atoms with Crippen LogP contribution >= 0.6 is 0 Å². The molecule has 0 aliphatic heterocycles. The van der Waals surface area contributed by atoms with E-state index >= 15 is 0 Å². The van der Waals surface area contributed by atoms with Gasteiger partial charge in [0.05, 0.1) is 0 Å². The summed E-state index contributed by atoms with van der Waals surface area (Å²) in [6.07, 6.45) is 0. The fourth-order valence-corrected chi connectivity index (χ4v) is 1.84. The van der Waals surface area contributed by atoms with Gasteiger partial charge in [0.2, 0.25) is 11.8 Å². The van der Waals surface area contributed by atoms with Crippen LogP contribution in [0.4, 0.5) is 0 Å². The zero-order valence-corrected chi connectivity index (χ0v) is 10.5. The number of benzene rings is 2. The molecule has 0 atom stereocenters. The van der Waals surface area contributed by atoms with Gasteiger partial charge >= 0.3 is 7.12 Å². The molecule has 0 aliphatic carbocycles. The van der Waals surface area contributed by atoms with Crippen molar-refractivity contribution in [2.24, 2.45) is 0 Å². The van der Waals surface area contributed by atoms with Crippen LogP contribution in [0.1, 0.15) is 0 Å². The Morgan fingerprint density at radius 2 is 1.30 bits per heavy atom. The molecule has 5 nitrogen and oxygen atoms in total. The van der Waals surface area contributed by atoms with Crippen molar-refractivity contribution in [3.05, 3.63) is 54.6 Å². The summed E-state index contributed by atoms with van der Waals surface area (Å²) in [7, 11) is -1.48. The molecule has 0 aliphatic rings. The van der Waals surface area contributed by atoms with Crippen LogP contribution in [0.2, 0.25) is 0 Å². The first-order valence-corrected chi connectivity index (χ1v) is 6.09.